The van der Waals surface area contributed by atoms with E-state index in [1.165, 1.54) is 12.8 Å². The van der Waals surface area contributed by atoms with Gasteiger partial charge in [0.1, 0.15) is 5.69 Å². The van der Waals surface area contributed by atoms with Crippen molar-refractivity contribution in [3.05, 3.63) is 34.9 Å². The van der Waals surface area contributed by atoms with Crippen molar-refractivity contribution < 1.29 is 9.90 Å². The molecular formula is C17H23N5O2. The molecule has 7 heteroatoms. The minimum absolute atomic E-state index is 0.0367. The van der Waals surface area contributed by atoms with E-state index in [9.17, 15) is 9.90 Å². The van der Waals surface area contributed by atoms with Crippen LogP contribution in [0.25, 0.3) is 0 Å². The molecule has 0 spiro atoms. The summed E-state index contributed by atoms with van der Waals surface area (Å²) in [6, 6.07) is 3.81. The second kappa shape index (κ2) is 6.05. The summed E-state index contributed by atoms with van der Waals surface area (Å²) >= 11 is 0. The lowest BCUT2D eigenvalue weighted by Gasteiger charge is -2.18. The van der Waals surface area contributed by atoms with Gasteiger partial charge in [0.25, 0.3) is 5.91 Å². The molecule has 1 fully saturated rings. The monoisotopic (exact) mass is 329 g/mol. The normalized spacial score (nSPS) is 19.0. The van der Waals surface area contributed by atoms with Crippen LogP contribution in [-0.2, 0) is 13.1 Å². The Morgan fingerprint density at radius 1 is 1.42 bits per heavy atom. The number of aromatic amines is 1. The summed E-state index contributed by atoms with van der Waals surface area (Å²) in [6.45, 7) is 3.90. The topological polar surface area (TPSA) is 87.0 Å². The van der Waals surface area contributed by atoms with Gasteiger partial charge in [-0.3, -0.25) is 14.6 Å². The summed E-state index contributed by atoms with van der Waals surface area (Å²) < 4.78 is 1.92. The number of nitrogens with zero attached hydrogens (tertiary/aromatic N) is 4. The van der Waals surface area contributed by atoms with Crippen molar-refractivity contribution in [3.63, 3.8) is 0 Å². The van der Waals surface area contributed by atoms with E-state index in [0.717, 1.165) is 24.4 Å². The summed E-state index contributed by atoms with van der Waals surface area (Å²) in [5.74, 6) is 0.521. The maximum absolute atomic E-state index is 12.8. The van der Waals surface area contributed by atoms with Crippen LogP contribution in [0, 0.1) is 0 Å². The number of carbonyl (C=O) groups is 1. The molecule has 128 valence electrons. The highest BCUT2D eigenvalue weighted by Crippen LogP contribution is 2.39. The van der Waals surface area contributed by atoms with E-state index in [4.69, 9.17) is 0 Å². The smallest absolute Gasteiger partial charge is 0.274 e. The number of hydrogen-bond acceptors (Lipinski definition) is 4. The zero-order valence-corrected chi connectivity index (χ0v) is 13.9. The average Bonchev–Trinajstić information content (AvgIpc) is 3.25. The summed E-state index contributed by atoms with van der Waals surface area (Å²) in [7, 11) is 0. The quantitative estimate of drug-likeness (QED) is 0.898. The molecule has 24 heavy (non-hydrogen) atoms. The molecule has 1 atom stereocenters. The molecule has 0 saturated heterocycles. The first-order valence-electron chi connectivity index (χ1n) is 8.75. The Bertz CT molecular complexity index is 746. The van der Waals surface area contributed by atoms with Gasteiger partial charge in [-0.2, -0.15) is 10.2 Å². The zero-order chi connectivity index (χ0) is 16.7. The van der Waals surface area contributed by atoms with Gasteiger partial charge in [-0.25, -0.2) is 0 Å². The van der Waals surface area contributed by atoms with Crippen molar-refractivity contribution in [2.24, 2.45) is 0 Å². The highest BCUT2D eigenvalue weighted by Gasteiger charge is 2.28. The van der Waals surface area contributed by atoms with Gasteiger partial charge >= 0.3 is 0 Å². The lowest BCUT2D eigenvalue weighted by molar-refractivity contribution is 0.0739. The van der Waals surface area contributed by atoms with E-state index in [1.54, 1.807) is 0 Å². The first-order valence-corrected chi connectivity index (χ1v) is 8.75. The van der Waals surface area contributed by atoms with Gasteiger partial charge in [0.15, 0.2) is 0 Å². The summed E-state index contributed by atoms with van der Waals surface area (Å²) in [5, 5.41) is 21.7. The third kappa shape index (κ3) is 2.84. The number of fused-ring (bicyclic) bond motifs is 1. The number of aliphatic hydroxyl groups excluding tert-OH is 1. The molecule has 1 amide bonds. The van der Waals surface area contributed by atoms with Crippen molar-refractivity contribution >= 4 is 5.91 Å². The van der Waals surface area contributed by atoms with E-state index in [2.05, 4.69) is 15.3 Å². The van der Waals surface area contributed by atoms with Gasteiger partial charge in [-0.05, 0) is 37.8 Å². The standard InChI is InChI=1S/C17H23N5O2/c1-2-16(23)14-8-12-10-21(6-3-7-22(12)20-14)17(24)15-9-13(18-19-15)11-4-5-11/h8-9,11,16,23H,2-7,10H2,1H3,(H,18,19)/t16-/m1/s1. The number of aliphatic hydroxyl groups is 1. The molecule has 7 nitrogen and oxygen atoms in total. The number of rotatable bonds is 4. The lowest BCUT2D eigenvalue weighted by Crippen LogP contribution is -2.31. The fourth-order valence-electron chi connectivity index (χ4n) is 3.24. The Morgan fingerprint density at radius 2 is 2.25 bits per heavy atom. The Morgan fingerprint density at radius 3 is 3.00 bits per heavy atom. The van der Waals surface area contributed by atoms with Gasteiger partial charge in [0, 0.05) is 24.7 Å². The molecule has 0 unspecified atom stereocenters. The first kappa shape index (κ1) is 15.4. The fraction of sp³-hybridized carbons (Fsp3) is 0.588. The number of amides is 1. The summed E-state index contributed by atoms with van der Waals surface area (Å²) in [6.07, 6.45) is 3.31. The molecule has 2 aliphatic rings. The van der Waals surface area contributed by atoms with Crippen LogP contribution in [0.2, 0.25) is 0 Å². The van der Waals surface area contributed by atoms with Crippen LogP contribution in [0.3, 0.4) is 0 Å². The second-order valence-electron chi connectivity index (χ2n) is 6.77. The molecule has 1 saturated carbocycles. The van der Waals surface area contributed by atoms with Crippen LogP contribution < -0.4 is 0 Å². The van der Waals surface area contributed by atoms with E-state index in [-0.39, 0.29) is 5.91 Å². The molecule has 4 rings (SSSR count). The van der Waals surface area contributed by atoms with Crippen molar-refractivity contribution in [1.82, 2.24) is 24.9 Å². The van der Waals surface area contributed by atoms with Crippen LogP contribution in [0.4, 0.5) is 0 Å². The number of aryl methyl sites for hydroxylation is 1. The van der Waals surface area contributed by atoms with E-state index < -0.39 is 6.10 Å². The van der Waals surface area contributed by atoms with Crippen molar-refractivity contribution in [2.45, 2.75) is 57.7 Å². The highest BCUT2D eigenvalue weighted by molar-refractivity contribution is 5.92. The van der Waals surface area contributed by atoms with Gasteiger partial charge in [0.2, 0.25) is 0 Å². The number of nitrogens with one attached hydrogen (secondary N) is 1. The van der Waals surface area contributed by atoms with Crippen LogP contribution in [0.1, 0.15) is 72.2 Å². The molecule has 1 aliphatic carbocycles. The molecule has 2 N–H and O–H groups in total. The number of carbonyl (C=O) groups excluding carboxylic acids is 1. The van der Waals surface area contributed by atoms with Gasteiger partial charge in [-0.1, -0.05) is 6.92 Å². The lowest BCUT2D eigenvalue weighted by atomic mass is 10.2. The third-order valence-electron chi connectivity index (χ3n) is 4.88. The number of aromatic nitrogens is 4. The Hall–Kier alpha value is -2.15. The Labute approximate surface area is 140 Å². The zero-order valence-electron chi connectivity index (χ0n) is 13.9. The van der Waals surface area contributed by atoms with E-state index >= 15 is 0 Å². The largest absolute Gasteiger partial charge is 0.387 e. The molecule has 3 heterocycles. The predicted molar refractivity (Wildman–Crippen MR) is 87.4 cm³/mol. The minimum atomic E-state index is -0.541. The molecule has 0 radical (unpaired) electrons. The minimum Gasteiger partial charge on any atom is -0.387 e. The third-order valence-corrected chi connectivity index (χ3v) is 4.88. The van der Waals surface area contributed by atoms with Crippen LogP contribution in [-0.4, -0.2) is 42.4 Å². The van der Waals surface area contributed by atoms with Crippen LogP contribution >= 0.6 is 0 Å². The van der Waals surface area contributed by atoms with E-state index in [0.29, 0.717) is 36.8 Å². The van der Waals surface area contributed by atoms with Gasteiger partial charge in [0.05, 0.1) is 24.0 Å². The SMILES string of the molecule is CC[C@@H](O)c1cc2n(n1)CCCN(C(=O)c1cc(C3CC3)[nH]n1)C2. The molecule has 1 aliphatic heterocycles. The fourth-order valence-corrected chi connectivity index (χ4v) is 3.24. The maximum Gasteiger partial charge on any atom is 0.274 e. The van der Waals surface area contributed by atoms with Gasteiger partial charge in [-0.15, -0.1) is 0 Å². The molecule has 2 aromatic rings. The Kier molecular flexibility index (Phi) is 3.88. The maximum atomic E-state index is 12.8. The molecular weight excluding hydrogens is 306 g/mol. The number of hydrogen-bond donors (Lipinski definition) is 2. The first-order chi connectivity index (χ1) is 11.7. The van der Waals surface area contributed by atoms with Crippen molar-refractivity contribution in [1.29, 1.82) is 0 Å². The van der Waals surface area contributed by atoms with Crippen molar-refractivity contribution in [3.8, 4) is 0 Å². The number of H-pyrrole nitrogens is 1. The molecule has 2 aromatic heterocycles. The van der Waals surface area contributed by atoms with E-state index in [1.807, 2.05) is 28.6 Å². The summed E-state index contributed by atoms with van der Waals surface area (Å²) in [5.41, 5.74) is 3.24. The van der Waals surface area contributed by atoms with Crippen LogP contribution in [0.5, 0.6) is 0 Å². The predicted octanol–water partition coefficient (Wildman–Crippen LogP) is 1.97. The average molecular weight is 329 g/mol. The highest BCUT2D eigenvalue weighted by atomic mass is 16.3. The Balaban J connectivity index is 1.53. The second-order valence-corrected chi connectivity index (χ2v) is 6.77. The summed E-state index contributed by atoms with van der Waals surface area (Å²) in [4.78, 5) is 14.6. The van der Waals surface area contributed by atoms with Crippen LogP contribution in [0.15, 0.2) is 12.1 Å². The molecule has 0 aromatic carbocycles. The van der Waals surface area contributed by atoms with Crippen molar-refractivity contribution in [2.75, 3.05) is 6.54 Å². The van der Waals surface area contributed by atoms with Gasteiger partial charge < -0.3 is 10.0 Å². The molecule has 0 bridgehead atoms.